The van der Waals surface area contributed by atoms with Gasteiger partial charge in [0.25, 0.3) is 0 Å². The summed E-state index contributed by atoms with van der Waals surface area (Å²) in [4.78, 5) is 11.8. The van der Waals surface area contributed by atoms with E-state index in [9.17, 15) is 4.79 Å². The first-order valence-electron chi connectivity index (χ1n) is 6.90. The van der Waals surface area contributed by atoms with Gasteiger partial charge >= 0.3 is 0 Å². The van der Waals surface area contributed by atoms with E-state index in [4.69, 9.17) is 11.6 Å². The third-order valence-electron chi connectivity index (χ3n) is 4.06. The summed E-state index contributed by atoms with van der Waals surface area (Å²) < 4.78 is 0. The van der Waals surface area contributed by atoms with Gasteiger partial charge in [-0.15, -0.1) is 0 Å². The number of benzene rings is 1. The largest absolute Gasteiger partial charge is 0.325 e. The summed E-state index contributed by atoms with van der Waals surface area (Å²) >= 11 is 5.87. The van der Waals surface area contributed by atoms with E-state index < -0.39 is 0 Å². The van der Waals surface area contributed by atoms with E-state index in [1.54, 1.807) is 12.1 Å². The molecule has 0 atom stereocenters. The molecule has 104 valence electrons. The Hall–Kier alpha value is -1.06. The van der Waals surface area contributed by atoms with Gasteiger partial charge in [-0.1, -0.05) is 31.0 Å². The highest BCUT2D eigenvalue weighted by atomic mass is 35.5. The smallest absolute Gasteiger partial charge is 0.238 e. The molecule has 0 aromatic heterocycles. The van der Waals surface area contributed by atoms with Gasteiger partial charge in [0.05, 0.1) is 6.54 Å². The van der Waals surface area contributed by atoms with Gasteiger partial charge in [0.2, 0.25) is 5.91 Å². The summed E-state index contributed by atoms with van der Waals surface area (Å²) in [5.74, 6) is -0.0205. The van der Waals surface area contributed by atoms with E-state index in [1.807, 2.05) is 12.1 Å². The van der Waals surface area contributed by atoms with Crippen molar-refractivity contribution in [3.63, 3.8) is 0 Å². The van der Waals surface area contributed by atoms with Crippen molar-refractivity contribution in [1.29, 1.82) is 0 Å². The predicted molar refractivity (Wildman–Crippen MR) is 79.5 cm³/mol. The Morgan fingerprint density at radius 1 is 1.42 bits per heavy atom. The van der Waals surface area contributed by atoms with Crippen molar-refractivity contribution >= 4 is 23.2 Å². The molecule has 0 heterocycles. The minimum absolute atomic E-state index is 0.0205. The molecule has 0 spiro atoms. The molecule has 0 aliphatic heterocycles. The lowest BCUT2D eigenvalue weighted by molar-refractivity contribution is -0.115. The van der Waals surface area contributed by atoms with E-state index in [0.717, 1.165) is 12.2 Å². The van der Waals surface area contributed by atoms with Crippen molar-refractivity contribution in [2.75, 3.05) is 18.4 Å². The van der Waals surface area contributed by atoms with Crippen molar-refractivity contribution in [2.45, 2.75) is 32.6 Å². The lowest BCUT2D eigenvalue weighted by Gasteiger charge is -2.41. The number of carbonyl (C=O) groups is 1. The van der Waals surface area contributed by atoms with Gasteiger partial charge < -0.3 is 10.6 Å². The lowest BCUT2D eigenvalue weighted by atomic mass is 9.67. The maximum Gasteiger partial charge on any atom is 0.238 e. The van der Waals surface area contributed by atoms with Gasteiger partial charge in [0, 0.05) is 17.3 Å². The average molecular weight is 281 g/mol. The Bertz CT molecular complexity index is 438. The number of nitrogens with one attached hydrogen (secondary N) is 2. The summed E-state index contributed by atoms with van der Waals surface area (Å²) in [6.07, 6.45) is 5.08. The SMILES string of the molecule is CCC1(CNCC(=O)Nc2cccc(Cl)c2)CCC1. The summed E-state index contributed by atoms with van der Waals surface area (Å²) in [6.45, 7) is 3.52. The van der Waals surface area contributed by atoms with Crippen LogP contribution >= 0.6 is 11.6 Å². The van der Waals surface area contributed by atoms with Crippen LogP contribution < -0.4 is 10.6 Å². The van der Waals surface area contributed by atoms with Crippen LogP contribution in [-0.2, 0) is 4.79 Å². The summed E-state index contributed by atoms with van der Waals surface area (Å²) in [5.41, 5.74) is 1.18. The van der Waals surface area contributed by atoms with Crippen molar-refractivity contribution in [1.82, 2.24) is 5.32 Å². The van der Waals surface area contributed by atoms with Gasteiger partial charge in [-0.3, -0.25) is 4.79 Å². The number of hydrogen-bond donors (Lipinski definition) is 2. The van der Waals surface area contributed by atoms with Crippen molar-refractivity contribution < 1.29 is 4.79 Å². The molecular formula is C15H21ClN2O. The van der Waals surface area contributed by atoms with Crippen molar-refractivity contribution in [3.8, 4) is 0 Å². The molecule has 1 aromatic carbocycles. The highest BCUT2D eigenvalue weighted by Gasteiger charge is 2.34. The Morgan fingerprint density at radius 3 is 2.79 bits per heavy atom. The minimum Gasteiger partial charge on any atom is -0.325 e. The van der Waals surface area contributed by atoms with Crippen LogP contribution in [0.1, 0.15) is 32.6 Å². The van der Waals surface area contributed by atoms with Crippen LogP contribution in [0.4, 0.5) is 5.69 Å². The van der Waals surface area contributed by atoms with Crippen LogP contribution in [0.15, 0.2) is 24.3 Å². The first-order valence-corrected chi connectivity index (χ1v) is 7.27. The molecule has 1 fully saturated rings. The van der Waals surface area contributed by atoms with Gasteiger partial charge in [-0.2, -0.15) is 0 Å². The zero-order chi connectivity index (χ0) is 13.7. The second-order valence-electron chi connectivity index (χ2n) is 5.37. The van der Waals surface area contributed by atoms with Crippen LogP contribution in [0.2, 0.25) is 5.02 Å². The first kappa shape index (κ1) is 14.4. The van der Waals surface area contributed by atoms with Gasteiger partial charge in [0.1, 0.15) is 0 Å². The number of anilines is 1. The maximum absolute atomic E-state index is 11.8. The van der Waals surface area contributed by atoms with Crippen LogP contribution in [0.3, 0.4) is 0 Å². The van der Waals surface area contributed by atoms with E-state index in [1.165, 1.54) is 25.7 Å². The Balaban J connectivity index is 1.73. The summed E-state index contributed by atoms with van der Waals surface area (Å²) in [5, 5.41) is 6.74. The monoisotopic (exact) mass is 280 g/mol. The molecule has 2 rings (SSSR count). The molecular weight excluding hydrogens is 260 g/mol. The standard InChI is InChI=1S/C15H21ClN2O/c1-2-15(7-4-8-15)11-17-10-14(19)18-13-6-3-5-12(16)9-13/h3,5-6,9,17H,2,4,7-8,10-11H2,1H3,(H,18,19). The van der Waals surface area contributed by atoms with E-state index in [0.29, 0.717) is 17.0 Å². The van der Waals surface area contributed by atoms with Crippen LogP contribution in [0, 0.1) is 5.41 Å². The van der Waals surface area contributed by atoms with Crippen molar-refractivity contribution in [3.05, 3.63) is 29.3 Å². The molecule has 19 heavy (non-hydrogen) atoms. The minimum atomic E-state index is -0.0205. The number of halogens is 1. The fourth-order valence-corrected chi connectivity index (χ4v) is 2.74. The number of amides is 1. The van der Waals surface area contributed by atoms with Crippen molar-refractivity contribution in [2.24, 2.45) is 5.41 Å². The topological polar surface area (TPSA) is 41.1 Å². The fourth-order valence-electron chi connectivity index (χ4n) is 2.54. The van der Waals surface area contributed by atoms with Crippen LogP contribution in [-0.4, -0.2) is 19.0 Å². The molecule has 1 aliphatic rings. The Morgan fingerprint density at radius 2 is 2.21 bits per heavy atom. The second kappa shape index (κ2) is 6.40. The zero-order valence-electron chi connectivity index (χ0n) is 11.3. The Labute approximate surface area is 119 Å². The zero-order valence-corrected chi connectivity index (χ0v) is 12.1. The van der Waals surface area contributed by atoms with E-state index in [-0.39, 0.29) is 5.91 Å². The fraction of sp³-hybridized carbons (Fsp3) is 0.533. The number of carbonyl (C=O) groups excluding carboxylic acids is 1. The molecule has 1 aromatic rings. The molecule has 4 heteroatoms. The van der Waals surface area contributed by atoms with Gasteiger partial charge in [-0.25, -0.2) is 0 Å². The molecule has 0 unspecified atom stereocenters. The highest BCUT2D eigenvalue weighted by molar-refractivity contribution is 6.30. The van der Waals surface area contributed by atoms with Crippen LogP contribution in [0.25, 0.3) is 0 Å². The molecule has 0 bridgehead atoms. The number of rotatable bonds is 6. The molecule has 3 nitrogen and oxygen atoms in total. The van der Waals surface area contributed by atoms with Gasteiger partial charge in [0.15, 0.2) is 0 Å². The summed E-state index contributed by atoms with van der Waals surface area (Å²) in [6, 6.07) is 7.20. The molecule has 1 aliphatic carbocycles. The molecule has 0 radical (unpaired) electrons. The Kier molecular flexibility index (Phi) is 4.83. The predicted octanol–water partition coefficient (Wildman–Crippen LogP) is 3.45. The third-order valence-corrected chi connectivity index (χ3v) is 4.29. The number of hydrogen-bond acceptors (Lipinski definition) is 2. The third kappa shape index (κ3) is 3.95. The highest BCUT2D eigenvalue weighted by Crippen LogP contribution is 2.42. The summed E-state index contributed by atoms with van der Waals surface area (Å²) in [7, 11) is 0. The van der Waals surface area contributed by atoms with E-state index in [2.05, 4.69) is 17.6 Å². The molecule has 2 N–H and O–H groups in total. The second-order valence-corrected chi connectivity index (χ2v) is 5.81. The van der Waals surface area contributed by atoms with Crippen LogP contribution in [0.5, 0.6) is 0 Å². The van der Waals surface area contributed by atoms with Gasteiger partial charge in [-0.05, 0) is 42.9 Å². The molecule has 0 saturated heterocycles. The first-order chi connectivity index (χ1) is 9.13. The lowest BCUT2D eigenvalue weighted by Crippen LogP contribution is -2.41. The molecule has 1 amide bonds. The average Bonchev–Trinajstić information content (AvgIpc) is 2.32. The normalized spacial score (nSPS) is 16.7. The quantitative estimate of drug-likeness (QED) is 0.838. The molecule has 1 saturated carbocycles. The maximum atomic E-state index is 11.8. The van der Waals surface area contributed by atoms with E-state index >= 15 is 0 Å².